The summed E-state index contributed by atoms with van der Waals surface area (Å²) < 4.78 is 34.4. The predicted octanol–water partition coefficient (Wildman–Crippen LogP) is 8.95. The van der Waals surface area contributed by atoms with Crippen molar-refractivity contribution >= 4 is 0 Å². The average molecular weight is 616 g/mol. The van der Waals surface area contributed by atoms with Gasteiger partial charge in [-0.3, -0.25) is 0 Å². The summed E-state index contributed by atoms with van der Waals surface area (Å²) in [5.74, 6) is 2.53. The molecule has 0 aliphatic carbocycles. The van der Waals surface area contributed by atoms with E-state index >= 15 is 0 Å². The average Bonchev–Trinajstić information content (AvgIpc) is 4.04. The number of hydrogen-bond donors (Lipinski definition) is 0. The van der Waals surface area contributed by atoms with Crippen molar-refractivity contribution in [2.24, 2.45) is 0 Å². The molecule has 2 fully saturated rings. The number of aromatic nitrogens is 1. The molecule has 2 aliphatic rings. The van der Waals surface area contributed by atoms with E-state index in [0.717, 1.165) is 52.3 Å². The molecular formula is C39H37NO6. The van der Waals surface area contributed by atoms with Crippen LogP contribution in [-0.2, 0) is 18.9 Å². The highest BCUT2D eigenvalue weighted by Crippen LogP contribution is 2.31. The fourth-order valence-corrected chi connectivity index (χ4v) is 5.12. The van der Waals surface area contributed by atoms with Crippen LogP contribution in [0.2, 0.25) is 0 Å². The molecule has 1 aromatic heterocycles. The molecule has 3 heterocycles. The molecule has 0 radical (unpaired) electrons. The van der Waals surface area contributed by atoms with Crippen LogP contribution in [0.1, 0.15) is 37.2 Å². The highest BCUT2D eigenvalue weighted by atomic mass is 16.6. The maximum absolute atomic E-state index is 6.12. The Hall–Kier alpha value is -4.53. The number of hydrogen-bond acceptors (Lipinski definition) is 7. The van der Waals surface area contributed by atoms with E-state index in [9.17, 15) is 0 Å². The predicted molar refractivity (Wildman–Crippen MR) is 176 cm³/mol. The standard InChI is InChI=1S/C39H37NO6/c1-26(41-22-37-24-43-37)28-3-7-30(8-4-28)32-11-15-34(16-12-32)45-36-19-20-40-39(21-36)46-35-17-13-33(14-18-35)31-9-5-29(6-10-31)27(2)42-23-38-25-44-38/h3-21,26-27,37-38H,22-25H2,1-2H3. The van der Waals surface area contributed by atoms with E-state index in [1.807, 2.05) is 42.5 Å². The van der Waals surface area contributed by atoms with Crippen molar-refractivity contribution in [2.45, 2.75) is 38.3 Å². The van der Waals surface area contributed by atoms with Crippen LogP contribution in [-0.4, -0.2) is 43.6 Å². The Bertz CT molecular complexity index is 1590. The van der Waals surface area contributed by atoms with Crippen molar-refractivity contribution in [3.05, 3.63) is 127 Å². The molecule has 4 atom stereocenters. The lowest BCUT2D eigenvalue weighted by Crippen LogP contribution is -2.05. The van der Waals surface area contributed by atoms with Gasteiger partial charge in [-0.2, -0.15) is 0 Å². The summed E-state index contributed by atoms with van der Waals surface area (Å²) in [7, 11) is 0. The lowest BCUT2D eigenvalue weighted by Gasteiger charge is -2.13. The summed E-state index contributed by atoms with van der Waals surface area (Å²) in [6.45, 7) is 7.04. The Morgan fingerprint density at radius 3 is 1.41 bits per heavy atom. The van der Waals surface area contributed by atoms with Gasteiger partial charge in [-0.15, -0.1) is 0 Å². The fraction of sp³-hybridized carbons (Fsp3) is 0.256. The molecule has 5 aromatic rings. The maximum atomic E-state index is 6.12. The molecule has 2 saturated heterocycles. The second-order valence-corrected chi connectivity index (χ2v) is 11.7. The molecule has 0 bridgehead atoms. The fourth-order valence-electron chi connectivity index (χ4n) is 5.12. The third-order valence-electron chi connectivity index (χ3n) is 8.17. The van der Waals surface area contributed by atoms with Gasteiger partial charge in [-0.05, 0) is 77.6 Å². The molecule has 0 N–H and O–H groups in total. The molecule has 0 saturated carbocycles. The van der Waals surface area contributed by atoms with E-state index in [1.54, 1.807) is 12.3 Å². The summed E-state index contributed by atoms with van der Waals surface area (Å²) in [6, 6.07) is 36.6. The SMILES string of the molecule is CC(OCC1CO1)c1ccc(-c2ccc(Oc3ccnc(Oc4ccc(-c5ccc(C(C)OCC6CO6)cc5)cc4)c3)cc2)cc1. The summed E-state index contributed by atoms with van der Waals surface area (Å²) in [4.78, 5) is 4.37. The van der Waals surface area contributed by atoms with Crippen LogP contribution in [0.4, 0.5) is 0 Å². The normalized spacial score (nSPS) is 18.0. The molecule has 4 unspecified atom stereocenters. The second-order valence-electron chi connectivity index (χ2n) is 11.7. The van der Waals surface area contributed by atoms with E-state index in [4.69, 9.17) is 28.4 Å². The number of nitrogens with zero attached hydrogens (tertiary/aromatic N) is 1. The van der Waals surface area contributed by atoms with Crippen molar-refractivity contribution in [3.63, 3.8) is 0 Å². The van der Waals surface area contributed by atoms with Crippen molar-refractivity contribution in [2.75, 3.05) is 26.4 Å². The van der Waals surface area contributed by atoms with E-state index in [2.05, 4.69) is 79.5 Å². The Morgan fingerprint density at radius 1 is 0.565 bits per heavy atom. The van der Waals surface area contributed by atoms with Gasteiger partial charge in [0.05, 0.1) is 38.6 Å². The quantitative estimate of drug-likeness (QED) is 0.115. The lowest BCUT2D eigenvalue weighted by atomic mass is 10.0. The first-order chi connectivity index (χ1) is 22.6. The highest BCUT2D eigenvalue weighted by molar-refractivity contribution is 5.65. The van der Waals surface area contributed by atoms with Crippen LogP contribution in [0.5, 0.6) is 23.1 Å². The van der Waals surface area contributed by atoms with Gasteiger partial charge in [0.25, 0.3) is 0 Å². The third kappa shape index (κ3) is 8.00. The summed E-state index contributed by atoms with van der Waals surface area (Å²) in [6.07, 6.45) is 2.29. The topological polar surface area (TPSA) is 74.9 Å². The molecule has 0 spiro atoms. The van der Waals surface area contributed by atoms with Crippen LogP contribution in [0.3, 0.4) is 0 Å². The van der Waals surface area contributed by atoms with Crippen LogP contribution in [0.25, 0.3) is 22.3 Å². The van der Waals surface area contributed by atoms with E-state index in [-0.39, 0.29) is 24.4 Å². The number of rotatable bonds is 14. The zero-order valence-corrected chi connectivity index (χ0v) is 26.0. The van der Waals surface area contributed by atoms with Crippen molar-refractivity contribution in [1.82, 2.24) is 4.98 Å². The minimum atomic E-state index is 0.0339. The third-order valence-corrected chi connectivity index (χ3v) is 8.17. The smallest absolute Gasteiger partial charge is 0.222 e. The molecule has 0 amide bonds. The van der Waals surface area contributed by atoms with Crippen molar-refractivity contribution < 1.29 is 28.4 Å². The van der Waals surface area contributed by atoms with Gasteiger partial charge >= 0.3 is 0 Å². The highest BCUT2D eigenvalue weighted by Gasteiger charge is 2.24. The Kier molecular flexibility index (Phi) is 9.08. The molecule has 2 aliphatic heterocycles. The molecule has 46 heavy (non-hydrogen) atoms. The number of epoxide rings is 2. The summed E-state index contributed by atoms with van der Waals surface area (Å²) in [5.41, 5.74) is 6.78. The molecule has 7 heteroatoms. The number of ether oxygens (including phenoxy) is 6. The molecular weight excluding hydrogens is 578 g/mol. The first-order valence-electron chi connectivity index (χ1n) is 15.7. The van der Waals surface area contributed by atoms with Gasteiger partial charge in [-0.25, -0.2) is 4.98 Å². The molecule has 7 nitrogen and oxygen atoms in total. The number of benzene rings is 4. The lowest BCUT2D eigenvalue weighted by molar-refractivity contribution is 0.0539. The number of pyridine rings is 1. The first-order valence-corrected chi connectivity index (χ1v) is 15.7. The zero-order valence-electron chi connectivity index (χ0n) is 26.0. The Labute approximate surface area is 269 Å². The van der Waals surface area contributed by atoms with E-state index in [1.165, 1.54) is 0 Å². The minimum absolute atomic E-state index is 0.0339. The summed E-state index contributed by atoms with van der Waals surface area (Å²) in [5, 5.41) is 0. The van der Waals surface area contributed by atoms with Crippen LogP contribution >= 0.6 is 0 Å². The van der Waals surface area contributed by atoms with Gasteiger partial charge in [0.2, 0.25) is 5.88 Å². The van der Waals surface area contributed by atoms with Gasteiger partial charge in [0.1, 0.15) is 29.5 Å². The van der Waals surface area contributed by atoms with Crippen molar-refractivity contribution in [3.8, 4) is 45.4 Å². The summed E-state index contributed by atoms with van der Waals surface area (Å²) >= 11 is 0. The Morgan fingerprint density at radius 2 is 0.978 bits per heavy atom. The first kappa shape index (κ1) is 30.1. The van der Waals surface area contributed by atoms with E-state index < -0.39 is 0 Å². The van der Waals surface area contributed by atoms with Crippen molar-refractivity contribution in [1.29, 1.82) is 0 Å². The minimum Gasteiger partial charge on any atom is -0.457 e. The molecule has 234 valence electrons. The molecule has 4 aromatic carbocycles. The van der Waals surface area contributed by atoms with Gasteiger partial charge in [-0.1, -0.05) is 72.8 Å². The molecule has 7 rings (SSSR count). The van der Waals surface area contributed by atoms with Gasteiger partial charge in [0, 0.05) is 12.3 Å². The second kappa shape index (κ2) is 13.8. The zero-order chi connectivity index (χ0) is 31.3. The van der Waals surface area contributed by atoms with Crippen LogP contribution in [0, 0.1) is 0 Å². The van der Waals surface area contributed by atoms with Crippen LogP contribution < -0.4 is 9.47 Å². The Balaban J connectivity index is 0.927. The largest absolute Gasteiger partial charge is 0.457 e. The monoisotopic (exact) mass is 615 g/mol. The maximum Gasteiger partial charge on any atom is 0.222 e. The van der Waals surface area contributed by atoms with E-state index in [0.29, 0.717) is 30.6 Å². The van der Waals surface area contributed by atoms with Gasteiger partial charge in [0.15, 0.2) is 0 Å². The van der Waals surface area contributed by atoms with Crippen LogP contribution in [0.15, 0.2) is 115 Å². The van der Waals surface area contributed by atoms with Gasteiger partial charge < -0.3 is 28.4 Å².